The van der Waals surface area contributed by atoms with E-state index in [-0.39, 0.29) is 24.1 Å². The first-order valence-corrected chi connectivity index (χ1v) is 12.7. The molecule has 168 valence electrons. The SMILES string of the molecule is CC(C)COC(=O)N1CCC[C@@H](NS(C)(=O)=O)[C@H]1Cc1cccc(-c2ccccc2)c1. The molecule has 2 aromatic rings. The molecular formula is C24H32N2O4S. The van der Waals surface area contributed by atoms with Crippen molar-refractivity contribution in [3.63, 3.8) is 0 Å². The van der Waals surface area contributed by atoms with Crippen LogP contribution in [0.4, 0.5) is 4.79 Å². The van der Waals surface area contributed by atoms with Crippen molar-refractivity contribution in [2.75, 3.05) is 19.4 Å². The van der Waals surface area contributed by atoms with Crippen LogP contribution in [0.2, 0.25) is 0 Å². The highest BCUT2D eigenvalue weighted by Gasteiger charge is 2.36. The van der Waals surface area contributed by atoms with Gasteiger partial charge in [0.15, 0.2) is 0 Å². The third-order valence-electron chi connectivity index (χ3n) is 5.40. The molecule has 0 radical (unpaired) electrons. The lowest BCUT2D eigenvalue weighted by Crippen LogP contribution is -2.57. The summed E-state index contributed by atoms with van der Waals surface area (Å²) in [5.41, 5.74) is 3.26. The Morgan fingerprint density at radius 2 is 1.84 bits per heavy atom. The Balaban J connectivity index is 1.86. The number of hydrogen-bond donors (Lipinski definition) is 1. The largest absolute Gasteiger partial charge is 0.449 e. The Morgan fingerprint density at radius 1 is 1.13 bits per heavy atom. The highest BCUT2D eigenvalue weighted by Crippen LogP contribution is 2.26. The summed E-state index contributed by atoms with van der Waals surface area (Å²) in [5.74, 6) is 0.236. The molecule has 3 rings (SSSR count). The fraction of sp³-hybridized carbons (Fsp3) is 0.458. The number of sulfonamides is 1. The number of nitrogens with zero attached hydrogens (tertiary/aromatic N) is 1. The van der Waals surface area contributed by atoms with E-state index in [0.29, 0.717) is 26.0 Å². The van der Waals surface area contributed by atoms with E-state index < -0.39 is 10.0 Å². The first-order valence-electron chi connectivity index (χ1n) is 10.8. The molecule has 1 aliphatic heterocycles. The summed E-state index contributed by atoms with van der Waals surface area (Å²) in [5, 5.41) is 0. The van der Waals surface area contributed by atoms with Crippen LogP contribution >= 0.6 is 0 Å². The molecule has 1 fully saturated rings. The summed E-state index contributed by atoms with van der Waals surface area (Å²) in [6, 6.07) is 17.6. The van der Waals surface area contributed by atoms with Crippen LogP contribution in [0, 0.1) is 5.92 Å². The number of hydrogen-bond acceptors (Lipinski definition) is 4. The molecule has 0 unspecified atom stereocenters. The second-order valence-electron chi connectivity index (χ2n) is 8.64. The van der Waals surface area contributed by atoms with E-state index in [1.165, 1.54) is 0 Å². The molecule has 1 N–H and O–H groups in total. The van der Waals surface area contributed by atoms with E-state index in [0.717, 1.165) is 29.4 Å². The van der Waals surface area contributed by atoms with Gasteiger partial charge in [-0.1, -0.05) is 68.4 Å². The summed E-state index contributed by atoms with van der Waals surface area (Å²) < 4.78 is 32.2. The number of amides is 1. The van der Waals surface area contributed by atoms with Crippen molar-refractivity contribution in [3.8, 4) is 11.1 Å². The van der Waals surface area contributed by atoms with Crippen molar-refractivity contribution in [3.05, 3.63) is 60.2 Å². The lowest BCUT2D eigenvalue weighted by atomic mass is 9.90. The number of nitrogens with one attached hydrogen (secondary N) is 1. The van der Waals surface area contributed by atoms with Crippen molar-refractivity contribution in [1.29, 1.82) is 0 Å². The average Bonchev–Trinajstić information content (AvgIpc) is 2.73. The molecule has 1 heterocycles. The number of carbonyl (C=O) groups excluding carboxylic acids is 1. The maximum atomic E-state index is 12.8. The third kappa shape index (κ3) is 6.80. The van der Waals surface area contributed by atoms with Crippen molar-refractivity contribution in [2.45, 2.75) is 45.2 Å². The molecule has 6 nitrogen and oxygen atoms in total. The predicted molar refractivity (Wildman–Crippen MR) is 123 cm³/mol. The van der Waals surface area contributed by atoms with Gasteiger partial charge in [-0.3, -0.25) is 0 Å². The van der Waals surface area contributed by atoms with Crippen LogP contribution in [0.25, 0.3) is 11.1 Å². The molecule has 0 bridgehead atoms. The molecule has 2 aromatic carbocycles. The minimum atomic E-state index is -3.40. The molecule has 1 saturated heterocycles. The normalized spacial score (nSPS) is 19.4. The second kappa shape index (κ2) is 10.3. The molecule has 2 atom stereocenters. The van der Waals surface area contributed by atoms with E-state index in [1.54, 1.807) is 4.90 Å². The third-order valence-corrected chi connectivity index (χ3v) is 6.13. The zero-order valence-corrected chi connectivity index (χ0v) is 19.3. The number of likely N-dealkylation sites (tertiary alicyclic amines) is 1. The van der Waals surface area contributed by atoms with Gasteiger partial charge in [-0.25, -0.2) is 17.9 Å². The first-order chi connectivity index (χ1) is 14.7. The second-order valence-corrected chi connectivity index (χ2v) is 10.4. The predicted octanol–water partition coefficient (Wildman–Crippen LogP) is 4.07. The highest BCUT2D eigenvalue weighted by atomic mass is 32.2. The minimum Gasteiger partial charge on any atom is -0.449 e. The first kappa shape index (κ1) is 23.3. The zero-order valence-electron chi connectivity index (χ0n) is 18.5. The maximum absolute atomic E-state index is 12.8. The lowest BCUT2D eigenvalue weighted by Gasteiger charge is -2.41. The Bertz CT molecular complexity index is 976. The van der Waals surface area contributed by atoms with Crippen molar-refractivity contribution in [1.82, 2.24) is 9.62 Å². The molecule has 0 saturated carbocycles. The van der Waals surface area contributed by atoms with Gasteiger partial charge in [0.1, 0.15) is 0 Å². The molecular weight excluding hydrogens is 412 g/mol. The summed E-state index contributed by atoms with van der Waals surface area (Å²) in [4.78, 5) is 14.5. The molecule has 7 heteroatoms. The van der Waals surface area contributed by atoms with E-state index >= 15 is 0 Å². The van der Waals surface area contributed by atoms with Crippen LogP contribution in [-0.4, -0.2) is 50.9 Å². The highest BCUT2D eigenvalue weighted by molar-refractivity contribution is 7.88. The van der Waals surface area contributed by atoms with Gasteiger partial charge in [0, 0.05) is 12.6 Å². The van der Waals surface area contributed by atoms with Gasteiger partial charge in [0.05, 0.1) is 18.9 Å². The summed E-state index contributed by atoms with van der Waals surface area (Å²) >= 11 is 0. The standard InChI is InChI=1S/C24H32N2O4S/c1-18(2)17-30-24(27)26-14-8-13-22(25-31(3,28)29)23(26)16-19-9-7-12-21(15-19)20-10-5-4-6-11-20/h4-7,9-12,15,18,22-23,25H,8,13-14,16-17H2,1-3H3/t22-,23-/m1/s1. The van der Waals surface area contributed by atoms with Gasteiger partial charge in [-0.05, 0) is 41.9 Å². The maximum Gasteiger partial charge on any atom is 0.410 e. The van der Waals surface area contributed by atoms with Crippen LogP contribution in [0.15, 0.2) is 54.6 Å². The number of benzene rings is 2. The van der Waals surface area contributed by atoms with Crippen LogP contribution < -0.4 is 4.72 Å². The van der Waals surface area contributed by atoms with E-state index in [9.17, 15) is 13.2 Å². The monoisotopic (exact) mass is 444 g/mol. The molecule has 1 amide bonds. The van der Waals surface area contributed by atoms with Gasteiger partial charge in [0.25, 0.3) is 0 Å². The van der Waals surface area contributed by atoms with Gasteiger partial charge in [-0.15, -0.1) is 0 Å². The van der Waals surface area contributed by atoms with Gasteiger partial charge in [-0.2, -0.15) is 0 Å². The molecule has 1 aliphatic rings. The van der Waals surface area contributed by atoms with E-state index in [2.05, 4.69) is 29.0 Å². The Hall–Kier alpha value is -2.38. The number of piperidine rings is 1. The minimum absolute atomic E-state index is 0.236. The van der Waals surface area contributed by atoms with Crippen LogP contribution in [0.1, 0.15) is 32.3 Å². The Morgan fingerprint density at radius 3 is 2.52 bits per heavy atom. The van der Waals surface area contributed by atoms with Crippen molar-refractivity contribution in [2.24, 2.45) is 5.92 Å². The number of rotatable bonds is 7. The smallest absolute Gasteiger partial charge is 0.410 e. The summed E-state index contributed by atoms with van der Waals surface area (Å²) in [7, 11) is -3.40. The van der Waals surface area contributed by atoms with E-state index in [4.69, 9.17) is 4.74 Å². The molecule has 0 spiro atoms. The topological polar surface area (TPSA) is 75.7 Å². The summed E-state index contributed by atoms with van der Waals surface area (Å²) in [6.45, 7) is 4.88. The van der Waals surface area contributed by atoms with Crippen molar-refractivity contribution < 1.29 is 17.9 Å². The molecule has 31 heavy (non-hydrogen) atoms. The number of ether oxygens (including phenoxy) is 1. The Labute approximate surface area is 185 Å². The fourth-order valence-corrected chi connectivity index (χ4v) is 4.84. The van der Waals surface area contributed by atoms with E-state index in [1.807, 2.05) is 44.2 Å². The van der Waals surface area contributed by atoms with Crippen LogP contribution in [-0.2, 0) is 21.2 Å². The van der Waals surface area contributed by atoms with Crippen LogP contribution in [0.3, 0.4) is 0 Å². The van der Waals surface area contributed by atoms with Crippen molar-refractivity contribution >= 4 is 16.1 Å². The quantitative estimate of drug-likeness (QED) is 0.698. The fourth-order valence-electron chi connectivity index (χ4n) is 4.02. The average molecular weight is 445 g/mol. The molecule has 0 aromatic heterocycles. The Kier molecular flexibility index (Phi) is 7.73. The van der Waals surface area contributed by atoms with Gasteiger partial charge in [0.2, 0.25) is 10.0 Å². The van der Waals surface area contributed by atoms with Gasteiger partial charge < -0.3 is 9.64 Å². The van der Waals surface area contributed by atoms with Crippen LogP contribution in [0.5, 0.6) is 0 Å². The molecule has 0 aliphatic carbocycles. The summed E-state index contributed by atoms with van der Waals surface area (Å²) in [6.07, 6.45) is 2.74. The van der Waals surface area contributed by atoms with Gasteiger partial charge >= 0.3 is 6.09 Å². The zero-order chi connectivity index (χ0) is 22.4. The lowest BCUT2D eigenvalue weighted by molar-refractivity contribution is 0.0577. The number of carbonyl (C=O) groups is 1.